The molecule has 0 aliphatic heterocycles. The quantitative estimate of drug-likeness (QED) is 0.298. The van der Waals surface area contributed by atoms with Crippen molar-refractivity contribution in [1.29, 1.82) is 0 Å². The third-order valence-electron chi connectivity index (χ3n) is 8.81. The molecule has 6 nitrogen and oxygen atoms in total. The van der Waals surface area contributed by atoms with Crippen molar-refractivity contribution < 1.29 is 30.0 Å². The van der Waals surface area contributed by atoms with Crippen LogP contribution in [0.5, 0.6) is 17.2 Å². The fourth-order valence-electron chi connectivity index (χ4n) is 6.89. The lowest BCUT2D eigenvalue weighted by atomic mass is 9.48. The number of phenols is 3. The number of aliphatic hydroxyl groups is 1. The minimum absolute atomic E-state index is 0.0495. The number of fused-ring (bicyclic) bond motifs is 1. The van der Waals surface area contributed by atoms with E-state index in [0.717, 1.165) is 32.1 Å². The Balaban J connectivity index is 2.17. The molecule has 5 atom stereocenters. The van der Waals surface area contributed by atoms with Crippen LogP contribution >= 0.6 is 0 Å². The van der Waals surface area contributed by atoms with E-state index >= 15 is 0 Å². The molecule has 0 unspecified atom stereocenters. The van der Waals surface area contributed by atoms with Crippen LogP contribution in [0.4, 0.5) is 0 Å². The van der Waals surface area contributed by atoms with Gasteiger partial charge in [0, 0.05) is 5.56 Å². The highest BCUT2D eigenvalue weighted by molar-refractivity contribution is 5.95. The van der Waals surface area contributed by atoms with Crippen molar-refractivity contribution in [1.82, 2.24) is 0 Å². The Morgan fingerprint density at radius 1 is 1.06 bits per heavy atom. The van der Waals surface area contributed by atoms with E-state index in [1.54, 1.807) is 0 Å². The van der Waals surface area contributed by atoms with E-state index in [1.165, 1.54) is 5.57 Å². The molecule has 2 fully saturated rings. The first-order valence-electron chi connectivity index (χ1n) is 12.4. The number of benzene rings is 1. The molecular weight excluding hydrogens is 432 g/mol. The van der Waals surface area contributed by atoms with Crippen LogP contribution in [0.1, 0.15) is 105 Å². The molecule has 2 saturated carbocycles. The summed E-state index contributed by atoms with van der Waals surface area (Å²) in [5, 5.41) is 43.1. The van der Waals surface area contributed by atoms with Crippen LogP contribution in [0.3, 0.4) is 0 Å². The van der Waals surface area contributed by atoms with Crippen LogP contribution in [0.25, 0.3) is 0 Å². The van der Waals surface area contributed by atoms with E-state index in [9.17, 15) is 30.0 Å². The minimum Gasteiger partial charge on any atom is -0.507 e. The van der Waals surface area contributed by atoms with Gasteiger partial charge in [-0.2, -0.15) is 0 Å². The van der Waals surface area contributed by atoms with Gasteiger partial charge in [-0.1, -0.05) is 32.9 Å². The molecule has 2 aliphatic rings. The second kappa shape index (κ2) is 9.37. The van der Waals surface area contributed by atoms with Gasteiger partial charge in [-0.3, -0.25) is 9.59 Å². The Morgan fingerprint density at radius 3 is 2.09 bits per heavy atom. The van der Waals surface area contributed by atoms with Crippen molar-refractivity contribution >= 4 is 12.6 Å². The number of phenolic OH excluding ortho intramolecular Hbond substituents is 3. The van der Waals surface area contributed by atoms with E-state index in [-0.39, 0.29) is 51.7 Å². The molecule has 1 aromatic carbocycles. The van der Waals surface area contributed by atoms with Gasteiger partial charge in [0.05, 0.1) is 16.7 Å². The molecule has 0 radical (unpaired) electrons. The van der Waals surface area contributed by atoms with Gasteiger partial charge in [0.1, 0.15) is 17.2 Å². The highest BCUT2D eigenvalue weighted by Crippen LogP contribution is 2.63. The Hall–Kier alpha value is -2.34. The summed E-state index contributed by atoms with van der Waals surface area (Å²) in [7, 11) is 0. The van der Waals surface area contributed by atoms with Crippen molar-refractivity contribution in [2.24, 2.45) is 29.1 Å². The molecule has 6 heteroatoms. The topological polar surface area (TPSA) is 115 Å². The Morgan fingerprint density at radius 2 is 1.62 bits per heavy atom. The summed E-state index contributed by atoms with van der Waals surface area (Å²) in [6.07, 6.45) is 5.46. The van der Waals surface area contributed by atoms with Crippen molar-refractivity contribution in [2.75, 3.05) is 0 Å². The first-order chi connectivity index (χ1) is 15.8. The predicted molar refractivity (Wildman–Crippen MR) is 132 cm³/mol. The van der Waals surface area contributed by atoms with Crippen molar-refractivity contribution in [2.45, 2.75) is 84.7 Å². The van der Waals surface area contributed by atoms with E-state index in [2.05, 4.69) is 27.4 Å². The summed E-state index contributed by atoms with van der Waals surface area (Å²) >= 11 is 0. The lowest BCUT2D eigenvalue weighted by Gasteiger charge is -2.57. The molecular formula is C28H40O6. The van der Waals surface area contributed by atoms with Crippen LogP contribution in [0, 0.1) is 29.1 Å². The maximum atomic E-state index is 11.7. The van der Waals surface area contributed by atoms with E-state index in [1.807, 2.05) is 13.8 Å². The monoisotopic (exact) mass is 472 g/mol. The molecule has 34 heavy (non-hydrogen) atoms. The number of aromatic hydroxyl groups is 3. The summed E-state index contributed by atoms with van der Waals surface area (Å²) in [6.45, 7) is 14.5. The fraction of sp³-hybridized carbons (Fsp3) is 0.643. The maximum Gasteiger partial charge on any atom is 0.157 e. The minimum atomic E-state index is -0.781. The number of hydrogen-bond donors (Lipinski definition) is 4. The first kappa shape index (κ1) is 26.3. The maximum absolute atomic E-state index is 11.7. The number of carbonyl (C=O) groups is 2. The van der Waals surface area contributed by atoms with Crippen LogP contribution < -0.4 is 0 Å². The van der Waals surface area contributed by atoms with E-state index in [4.69, 9.17) is 0 Å². The molecule has 4 N–H and O–H groups in total. The lowest BCUT2D eigenvalue weighted by molar-refractivity contribution is -0.0652. The SMILES string of the molecule is C=C1CC[C@@H]([C@H](CC(C)C)c2c(O)c(C=O)c(O)c(C=O)c2O)[C@]2(C)CC[C@@H](C(C)(C)O)C[C@@H]12. The zero-order valence-corrected chi connectivity index (χ0v) is 21.1. The molecule has 1 aromatic rings. The molecule has 0 amide bonds. The molecule has 0 spiro atoms. The molecule has 0 bridgehead atoms. The first-order valence-corrected chi connectivity index (χ1v) is 12.4. The zero-order chi connectivity index (χ0) is 25.6. The summed E-state index contributed by atoms with van der Waals surface area (Å²) in [5.74, 6) is -1.31. The molecule has 0 heterocycles. The van der Waals surface area contributed by atoms with Crippen LogP contribution in [0.2, 0.25) is 0 Å². The smallest absolute Gasteiger partial charge is 0.157 e. The van der Waals surface area contributed by atoms with Gasteiger partial charge >= 0.3 is 0 Å². The number of aldehydes is 2. The van der Waals surface area contributed by atoms with Crippen molar-refractivity contribution in [3.63, 3.8) is 0 Å². The molecule has 188 valence electrons. The summed E-state index contributed by atoms with van der Waals surface area (Å²) in [6, 6.07) is 0. The largest absolute Gasteiger partial charge is 0.507 e. The third-order valence-corrected chi connectivity index (χ3v) is 8.81. The van der Waals surface area contributed by atoms with Gasteiger partial charge in [0.2, 0.25) is 0 Å². The second-order valence-corrected chi connectivity index (χ2v) is 11.7. The standard InChI is InChI=1S/C28H40O6/c1-15(2)11-18(23-25(32)19(13-29)24(31)20(14-30)26(23)33)21-8-7-16(3)22-12-17(27(4,5)34)9-10-28(21,22)6/h13-15,17-18,21-22,31-34H,3,7-12H2,1-2,4-6H3/t17-,18+,21+,22+,28+/m1/s1. The van der Waals surface area contributed by atoms with Gasteiger partial charge < -0.3 is 20.4 Å². The van der Waals surface area contributed by atoms with Crippen molar-refractivity contribution in [3.8, 4) is 17.2 Å². The van der Waals surface area contributed by atoms with Crippen LogP contribution in [-0.2, 0) is 0 Å². The van der Waals surface area contributed by atoms with Gasteiger partial charge in [-0.25, -0.2) is 0 Å². The normalized spacial score (nSPS) is 28.4. The fourth-order valence-corrected chi connectivity index (χ4v) is 6.89. The summed E-state index contributed by atoms with van der Waals surface area (Å²) in [5.41, 5.74) is -0.338. The molecule has 3 rings (SSSR count). The number of allylic oxidation sites excluding steroid dienone is 1. The Labute approximate surface area is 202 Å². The van der Waals surface area contributed by atoms with Crippen LogP contribution in [0.15, 0.2) is 12.2 Å². The number of hydrogen-bond acceptors (Lipinski definition) is 6. The zero-order valence-electron chi connectivity index (χ0n) is 21.1. The van der Waals surface area contributed by atoms with E-state index < -0.39 is 22.8 Å². The Bertz CT molecular complexity index is 937. The molecule has 0 saturated heterocycles. The lowest BCUT2D eigenvalue weighted by Crippen LogP contribution is -2.49. The molecule has 2 aliphatic carbocycles. The summed E-state index contributed by atoms with van der Waals surface area (Å²) < 4.78 is 0. The number of rotatable bonds is 7. The van der Waals surface area contributed by atoms with E-state index in [0.29, 0.717) is 19.0 Å². The van der Waals surface area contributed by atoms with Gasteiger partial charge in [-0.15, -0.1) is 0 Å². The summed E-state index contributed by atoms with van der Waals surface area (Å²) in [4.78, 5) is 23.4. The van der Waals surface area contributed by atoms with Gasteiger partial charge in [-0.05, 0) is 87.4 Å². The Kier molecular flexibility index (Phi) is 7.24. The van der Waals surface area contributed by atoms with Gasteiger partial charge in [0.15, 0.2) is 12.6 Å². The predicted octanol–water partition coefficient (Wildman–Crippen LogP) is 5.72. The average molecular weight is 473 g/mol. The van der Waals surface area contributed by atoms with Crippen LogP contribution in [-0.4, -0.2) is 38.6 Å². The highest BCUT2D eigenvalue weighted by Gasteiger charge is 2.53. The second-order valence-electron chi connectivity index (χ2n) is 11.7. The average Bonchev–Trinajstić information content (AvgIpc) is 2.72. The molecule has 0 aromatic heterocycles. The third kappa shape index (κ3) is 4.37. The van der Waals surface area contributed by atoms with Crippen molar-refractivity contribution in [3.05, 3.63) is 28.8 Å². The highest BCUT2D eigenvalue weighted by atomic mass is 16.3. The van der Waals surface area contributed by atoms with Gasteiger partial charge in [0.25, 0.3) is 0 Å². The number of carbonyl (C=O) groups excluding carboxylic acids is 2.